The molecular formula is C16H22N2O. The van der Waals surface area contributed by atoms with Gasteiger partial charge in [0.1, 0.15) is 0 Å². The van der Waals surface area contributed by atoms with Crippen molar-refractivity contribution in [3.05, 3.63) is 30.3 Å². The number of nitrogens with zero attached hydrogens (tertiary/aromatic N) is 1. The summed E-state index contributed by atoms with van der Waals surface area (Å²) in [6, 6.07) is 10.3. The molecule has 3 rings (SSSR count). The highest BCUT2D eigenvalue weighted by molar-refractivity contribution is 5.95. The Hall–Kier alpha value is -1.35. The fourth-order valence-corrected chi connectivity index (χ4v) is 2.95. The van der Waals surface area contributed by atoms with E-state index in [1.807, 2.05) is 35.2 Å². The quantitative estimate of drug-likeness (QED) is 0.902. The van der Waals surface area contributed by atoms with Gasteiger partial charge in [-0.05, 0) is 50.2 Å². The first-order chi connectivity index (χ1) is 9.24. The van der Waals surface area contributed by atoms with Crippen molar-refractivity contribution in [3.63, 3.8) is 0 Å². The van der Waals surface area contributed by atoms with Gasteiger partial charge in [0.25, 0.3) is 0 Å². The number of carbonyl (C=O) groups is 1. The predicted octanol–water partition coefficient (Wildman–Crippen LogP) is 2.56. The number of carbonyl (C=O) groups excluding carboxylic acids is 1. The summed E-state index contributed by atoms with van der Waals surface area (Å²) in [5.74, 6) is 1.12. The molecule has 0 aliphatic heterocycles. The number of nitrogens with two attached hydrogens (primary N) is 1. The van der Waals surface area contributed by atoms with Crippen LogP contribution in [0.2, 0.25) is 0 Å². The molecule has 0 spiro atoms. The highest BCUT2D eigenvalue weighted by Crippen LogP contribution is 2.34. The molecule has 3 nitrogen and oxygen atoms in total. The van der Waals surface area contributed by atoms with E-state index in [2.05, 4.69) is 0 Å². The molecule has 1 amide bonds. The van der Waals surface area contributed by atoms with Crippen molar-refractivity contribution in [2.75, 3.05) is 11.4 Å². The molecular weight excluding hydrogens is 236 g/mol. The second-order valence-corrected chi connectivity index (χ2v) is 6.00. The lowest BCUT2D eigenvalue weighted by Crippen LogP contribution is -2.37. The number of benzene rings is 1. The lowest BCUT2D eigenvalue weighted by Gasteiger charge is -2.26. The minimum atomic E-state index is 0.133. The summed E-state index contributed by atoms with van der Waals surface area (Å²) in [7, 11) is 0. The Labute approximate surface area is 114 Å². The van der Waals surface area contributed by atoms with Gasteiger partial charge in [-0.3, -0.25) is 4.79 Å². The van der Waals surface area contributed by atoms with E-state index < -0.39 is 0 Å². The Morgan fingerprint density at radius 2 is 1.89 bits per heavy atom. The van der Waals surface area contributed by atoms with Crippen LogP contribution in [-0.4, -0.2) is 18.5 Å². The molecule has 2 unspecified atom stereocenters. The second kappa shape index (κ2) is 5.33. The first-order valence-electron chi connectivity index (χ1n) is 7.36. The standard InChI is InChI=1S/C16H22N2O/c17-14-9-8-13(10-14)16(19)18(11-12-6-7-12)15-4-2-1-3-5-15/h1-5,12-14H,6-11,17H2. The van der Waals surface area contributed by atoms with Crippen LogP contribution in [0.5, 0.6) is 0 Å². The Morgan fingerprint density at radius 3 is 2.47 bits per heavy atom. The zero-order chi connectivity index (χ0) is 13.2. The number of hydrogen-bond donors (Lipinski definition) is 1. The number of para-hydroxylation sites is 1. The summed E-state index contributed by atoms with van der Waals surface area (Å²) < 4.78 is 0. The minimum Gasteiger partial charge on any atom is -0.328 e. The fourth-order valence-electron chi connectivity index (χ4n) is 2.95. The molecule has 19 heavy (non-hydrogen) atoms. The zero-order valence-electron chi connectivity index (χ0n) is 11.3. The van der Waals surface area contributed by atoms with E-state index in [1.165, 1.54) is 12.8 Å². The van der Waals surface area contributed by atoms with E-state index in [0.717, 1.165) is 31.5 Å². The van der Waals surface area contributed by atoms with Crippen molar-refractivity contribution in [3.8, 4) is 0 Å². The van der Waals surface area contributed by atoms with Gasteiger partial charge in [0.15, 0.2) is 0 Å². The van der Waals surface area contributed by atoms with Gasteiger partial charge in [0, 0.05) is 24.2 Å². The van der Waals surface area contributed by atoms with Crippen LogP contribution in [0.15, 0.2) is 30.3 Å². The van der Waals surface area contributed by atoms with Crippen LogP contribution in [-0.2, 0) is 4.79 Å². The Kier molecular flexibility index (Phi) is 3.56. The molecule has 2 N–H and O–H groups in total. The van der Waals surface area contributed by atoms with Gasteiger partial charge in [-0.25, -0.2) is 0 Å². The molecule has 1 aromatic carbocycles. The molecule has 1 aromatic rings. The molecule has 0 saturated heterocycles. The van der Waals surface area contributed by atoms with E-state index in [0.29, 0.717) is 5.92 Å². The molecule has 0 aromatic heterocycles. The summed E-state index contributed by atoms with van der Waals surface area (Å²) >= 11 is 0. The molecule has 0 heterocycles. The van der Waals surface area contributed by atoms with Gasteiger partial charge in [0.05, 0.1) is 0 Å². The lowest BCUT2D eigenvalue weighted by molar-refractivity contribution is -0.122. The van der Waals surface area contributed by atoms with Crippen molar-refractivity contribution in [2.24, 2.45) is 17.6 Å². The average Bonchev–Trinajstić information content (AvgIpc) is 3.16. The fraction of sp³-hybridized carbons (Fsp3) is 0.562. The summed E-state index contributed by atoms with van der Waals surface area (Å²) in [4.78, 5) is 14.7. The SMILES string of the molecule is NC1CCC(C(=O)N(CC2CC2)c2ccccc2)C1. The van der Waals surface area contributed by atoms with Crippen molar-refractivity contribution in [1.82, 2.24) is 0 Å². The summed E-state index contributed by atoms with van der Waals surface area (Å²) in [6.07, 6.45) is 5.32. The van der Waals surface area contributed by atoms with Crippen LogP contribution in [0.3, 0.4) is 0 Å². The Balaban J connectivity index is 1.76. The maximum atomic E-state index is 12.7. The molecule has 0 bridgehead atoms. The highest BCUT2D eigenvalue weighted by Gasteiger charge is 2.34. The average molecular weight is 258 g/mol. The van der Waals surface area contributed by atoms with Crippen molar-refractivity contribution < 1.29 is 4.79 Å². The smallest absolute Gasteiger partial charge is 0.230 e. The normalized spacial score (nSPS) is 26.4. The predicted molar refractivity (Wildman–Crippen MR) is 76.8 cm³/mol. The lowest BCUT2D eigenvalue weighted by atomic mass is 10.1. The first kappa shape index (κ1) is 12.7. The molecule has 2 atom stereocenters. The molecule has 2 aliphatic rings. The Morgan fingerprint density at radius 1 is 1.16 bits per heavy atom. The van der Waals surface area contributed by atoms with Crippen molar-refractivity contribution in [2.45, 2.75) is 38.1 Å². The third-order valence-corrected chi connectivity index (χ3v) is 4.29. The van der Waals surface area contributed by atoms with Crippen LogP contribution in [0.25, 0.3) is 0 Å². The van der Waals surface area contributed by atoms with E-state index in [9.17, 15) is 4.79 Å². The van der Waals surface area contributed by atoms with Crippen LogP contribution < -0.4 is 10.6 Å². The number of rotatable bonds is 4. The zero-order valence-corrected chi connectivity index (χ0v) is 11.3. The van der Waals surface area contributed by atoms with Crippen LogP contribution in [0.4, 0.5) is 5.69 Å². The number of anilines is 1. The Bertz CT molecular complexity index is 441. The van der Waals surface area contributed by atoms with E-state index >= 15 is 0 Å². The maximum Gasteiger partial charge on any atom is 0.230 e. The van der Waals surface area contributed by atoms with Crippen molar-refractivity contribution >= 4 is 11.6 Å². The highest BCUT2D eigenvalue weighted by atomic mass is 16.2. The molecule has 2 fully saturated rings. The molecule has 102 valence electrons. The van der Waals surface area contributed by atoms with Crippen LogP contribution in [0, 0.1) is 11.8 Å². The van der Waals surface area contributed by atoms with Gasteiger partial charge in [-0.15, -0.1) is 0 Å². The summed E-state index contributed by atoms with van der Waals surface area (Å²) in [5.41, 5.74) is 6.99. The molecule has 3 heteroatoms. The number of amides is 1. The van der Waals surface area contributed by atoms with E-state index in [-0.39, 0.29) is 17.9 Å². The molecule has 2 aliphatic carbocycles. The minimum absolute atomic E-state index is 0.133. The van der Waals surface area contributed by atoms with Gasteiger partial charge in [0.2, 0.25) is 5.91 Å². The molecule has 0 radical (unpaired) electrons. The topological polar surface area (TPSA) is 46.3 Å². The third-order valence-electron chi connectivity index (χ3n) is 4.29. The molecule has 2 saturated carbocycles. The second-order valence-electron chi connectivity index (χ2n) is 6.00. The summed E-state index contributed by atoms with van der Waals surface area (Å²) in [5, 5.41) is 0. The monoisotopic (exact) mass is 258 g/mol. The summed E-state index contributed by atoms with van der Waals surface area (Å²) in [6.45, 7) is 0.884. The van der Waals surface area contributed by atoms with Gasteiger partial charge in [-0.1, -0.05) is 18.2 Å². The largest absolute Gasteiger partial charge is 0.328 e. The van der Waals surface area contributed by atoms with E-state index in [4.69, 9.17) is 5.73 Å². The van der Waals surface area contributed by atoms with Crippen LogP contribution >= 0.6 is 0 Å². The first-order valence-corrected chi connectivity index (χ1v) is 7.36. The number of hydrogen-bond acceptors (Lipinski definition) is 2. The van der Waals surface area contributed by atoms with Crippen LogP contribution in [0.1, 0.15) is 32.1 Å². The van der Waals surface area contributed by atoms with Gasteiger partial charge in [-0.2, -0.15) is 0 Å². The van der Waals surface area contributed by atoms with Crippen molar-refractivity contribution in [1.29, 1.82) is 0 Å². The van der Waals surface area contributed by atoms with E-state index in [1.54, 1.807) is 0 Å². The maximum absolute atomic E-state index is 12.7. The van der Waals surface area contributed by atoms with Gasteiger partial charge >= 0.3 is 0 Å². The van der Waals surface area contributed by atoms with Gasteiger partial charge < -0.3 is 10.6 Å². The third kappa shape index (κ3) is 2.98.